The summed E-state index contributed by atoms with van der Waals surface area (Å²) in [5.74, 6) is 1.40. The lowest BCUT2D eigenvalue weighted by Crippen LogP contribution is -2.23. The van der Waals surface area contributed by atoms with E-state index >= 15 is 0 Å². The maximum absolute atomic E-state index is 13.2. The number of nitrogens with zero attached hydrogens (tertiary/aromatic N) is 3. The predicted octanol–water partition coefficient (Wildman–Crippen LogP) is 2.30. The molecule has 1 N–H and O–H groups in total. The summed E-state index contributed by atoms with van der Waals surface area (Å²) in [5.41, 5.74) is 1.57. The van der Waals surface area contributed by atoms with Gasteiger partial charge in [0.25, 0.3) is 11.1 Å². The predicted molar refractivity (Wildman–Crippen MR) is 121 cm³/mol. The van der Waals surface area contributed by atoms with Crippen molar-refractivity contribution in [1.29, 1.82) is 0 Å². The van der Waals surface area contributed by atoms with Gasteiger partial charge in [-0.3, -0.25) is 9.59 Å². The molecule has 4 heterocycles. The summed E-state index contributed by atoms with van der Waals surface area (Å²) in [7, 11) is 0. The highest BCUT2D eigenvalue weighted by molar-refractivity contribution is 5.91. The Morgan fingerprint density at radius 1 is 0.875 bits per heavy atom. The van der Waals surface area contributed by atoms with E-state index in [2.05, 4.69) is 4.98 Å². The molecule has 4 aromatic rings. The Labute approximate surface area is 183 Å². The van der Waals surface area contributed by atoms with Crippen molar-refractivity contribution in [3.8, 4) is 11.5 Å². The van der Waals surface area contributed by atoms with Gasteiger partial charge in [0.05, 0.1) is 41.6 Å². The maximum Gasteiger partial charge on any atom is 0.260 e. The number of pyridine rings is 3. The van der Waals surface area contributed by atoms with Crippen molar-refractivity contribution in [2.24, 2.45) is 0 Å². The van der Waals surface area contributed by atoms with Crippen LogP contribution in [-0.4, -0.2) is 39.0 Å². The van der Waals surface area contributed by atoms with E-state index in [-0.39, 0.29) is 17.7 Å². The lowest BCUT2D eigenvalue weighted by atomic mass is 10.1. The molecule has 164 valence electrons. The SMILES string of the molecule is O=c1c2cc3c(=O)n(Cc4ccc5c(c4)OCCCO5)ccc3nc2ccn1CCCO. The molecule has 1 aliphatic rings. The Balaban J connectivity index is 1.54. The van der Waals surface area contributed by atoms with Gasteiger partial charge in [0.2, 0.25) is 0 Å². The molecule has 0 saturated carbocycles. The van der Waals surface area contributed by atoms with Gasteiger partial charge in [-0.15, -0.1) is 0 Å². The normalized spacial score (nSPS) is 13.4. The van der Waals surface area contributed by atoms with Crippen LogP contribution in [0, 0.1) is 0 Å². The van der Waals surface area contributed by atoms with Gasteiger partial charge < -0.3 is 23.7 Å². The standard InChI is InChI=1S/C24H23N3O5/c28-10-1-7-26-8-5-19-17(23(26)29)14-18-20(25-19)6-9-27(24(18)30)15-16-3-4-21-22(13-16)32-12-2-11-31-21/h3-6,8-9,13-14,28H,1-2,7,10-12,15H2. The Bertz CT molecular complexity index is 1420. The summed E-state index contributed by atoms with van der Waals surface area (Å²) >= 11 is 0. The summed E-state index contributed by atoms with van der Waals surface area (Å²) in [5, 5.41) is 9.84. The fourth-order valence-electron chi connectivity index (χ4n) is 3.95. The first-order valence-corrected chi connectivity index (χ1v) is 10.7. The molecule has 0 amide bonds. The number of hydrogen-bond acceptors (Lipinski definition) is 6. The molecular formula is C24H23N3O5. The Morgan fingerprint density at radius 3 is 2.31 bits per heavy atom. The third-order valence-corrected chi connectivity index (χ3v) is 5.61. The second kappa shape index (κ2) is 8.47. The molecule has 0 spiro atoms. The van der Waals surface area contributed by atoms with Gasteiger partial charge >= 0.3 is 0 Å². The summed E-state index contributed by atoms with van der Waals surface area (Å²) < 4.78 is 14.6. The summed E-state index contributed by atoms with van der Waals surface area (Å²) in [6, 6.07) is 10.9. The van der Waals surface area contributed by atoms with E-state index in [4.69, 9.17) is 14.6 Å². The zero-order valence-electron chi connectivity index (χ0n) is 17.5. The number of ether oxygens (including phenoxy) is 2. The van der Waals surface area contributed by atoms with Crippen molar-refractivity contribution in [3.05, 3.63) is 75.1 Å². The lowest BCUT2D eigenvalue weighted by Gasteiger charge is -2.12. The van der Waals surface area contributed by atoms with Crippen molar-refractivity contribution in [2.75, 3.05) is 19.8 Å². The average Bonchev–Trinajstić information content (AvgIpc) is 3.05. The van der Waals surface area contributed by atoms with Crippen LogP contribution in [-0.2, 0) is 13.1 Å². The van der Waals surface area contributed by atoms with Crippen molar-refractivity contribution >= 4 is 21.8 Å². The Morgan fingerprint density at radius 2 is 1.56 bits per heavy atom. The van der Waals surface area contributed by atoms with Crippen LogP contribution in [0.25, 0.3) is 21.8 Å². The summed E-state index contributed by atoms with van der Waals surface area (Å²) in [4.78, 5) is 30.6. The number of rotatable bonds is 5. The van der Waals surface area contributed by atoms with Gasteiger partial charge in [0.1, 0.15) is 0 Å². The van der Waals surface area contributed by atoms with Crippen LogP contribution in [0.2, 0.25) is 0 Å². The van der Waals surface area contributed by atoms with E-state index in [1.54, 1.807) is 35.2 Å². The molecule has 1 aliphatic heterocycles. The molecular weight excluding hydrogens is 410 g/mol. The maximum atomic E-state index is 13.2. The fraction of sp³-hybridized carbons (Fsp3) is 0.292. The highest BCUT2D eigenvalue weighted by Crippen LogP contribution is 2.30. The summed E-state index contributed by atoms with van der Waals surface area (Å²) in [6.07, 6.45) is 4.70. The first-order valence-electron chi connectivity index (χ1n) is 10.7. The van der Waals surface area contributed by atoms with Crippen LogP contribution < -0.4 is 20.6 Å². The van der Waals surface area contributed by atoms with Gasteiger partial charge in [0, 0.05) is 32.0 Å². The second-order valence-corrected chi connectivity index (χ2v) is 7.83. The molecule has 32 heavy (non-hydrogen) atoms. The van der Waals surface area contributed by atoms with Crippen LogP contribution in [0.15, 0.2) is 58.4 Å². The molecule has 0 fully saturated rings. The molecule has 0 saturated heterocycles. The molecule has 8 heteroatoms. The minimum atomic E-state index is -0.219. The molecule has 8 nitrogen and oxygen atoms in total. The Hall–Kier alpha value is -3.65. The molecule has 0 bridgehead atoms. The third-order valence-electron chi connectivity index (χ3n) is 5.61. The van der Waals surface area contributed by atoms with Gasteiger partial charge in [-0.2, -0.15) is 0 Å². The molecule has 0 unspecified atom stereocenters. The van der Waals surface area contributed by atoms with Crippen molar-refractivity contribution < 1.29 is 14.6 Å². The van der Waals surface area contributed by atoms with E-state index in [1.165, 1.54) is 4.57 Å². The van der Waals surface area contributed by atoms with E-state index in [9.17, 15) is 9.59 Å². The highest BCUT2D eigenvalue weighted by atomic mass is 16.5. The van der Waals surface area contributed by atoms with E-state index < -0.39 is 0 Å². The van der Waals surface area contributed by atoms with Crippen LogP contribution in [0.3, 0.4) is 0 Å². The number of aliphatic hydroxyl groups excluding tert-OH is 1. The first kappa shape index (κ1) is 20.3. The smallest absolute Gasteiger partial charge is 0.260 e. The molecule has 0 atom stereocenters. The zero-order valence-corrected chi connectivity index (χ0v) is 17.5. The van der Waals surface area contributed by atoms with Crippen LogP contribution in [0.1, 0.15) is 18.4 Å². The zero-order chi connectivity index (χ0) is 22.1. The van der Waals surface area contributed by atoms with Crippen molar-refractivity contribution in [1.82, 2.24) is 14.1 Å². The minimum absolute atomic E-state index is 0.00497. The second-order valence-electron chi connectivity index (χ2n) is 7.83. The van der Waals surface area contributed by atoms with Gasteiger partial charge in [-0.25, -0.2) is 4.98 Å². The van der Waals surface area contributed by atoms with E-state index in [0.29, 0.717) is 66.0 Å². The molecule has 3 aromatic heterocycles. The number of benzene rings is 1. The first-order chi connectivity index (χ1) is 15.6. The van der Waals surface area contributed by atoms with Gasteiger partial charge in [-0.1, -0.05) is 6.07 Å². The summed E-state index contributed by atoms with van der Waals surface area (Å²) in [6.45, 7) is 2.00. The molecule has 0 aliphatic carbocycles. The Kier molecular flexibility index (Phi) is 5.36. The lowest BCUT2D eigenvalue weighted by molar-refractivity contribution is 0.279. The van der Waals surface area contributed by atoms with Crippen molar-refractivity contribution in [2.45, 2.75) is 25.9 Å². The van der Waals surface area contributed by atoms with Gasteiger partial charge in [0.15, 0.2) is 11.5 Å². The molecule has 5 rings (SSSR count). The number of aliphatic hydroxyl groups is 1. The molecule has 0 radical (unpaired) electrons. The third kappa shape index (κ3) is 3.73. The number of fused-ring (bicyclic) bond motifs is 3. The van der Waals surface area contributed by atoms with E-state index in [1.807, 2.05) is 18.2 Å². The monoisotopic (exact) mass is 433 g/mol. The number of aryl methyl sites for hydroxylation is 1. The average molecular weight is 433 g/mol. The number of hydrogen-bond donors (Lipinski definition) is 1. The minimum Gasteiger partial charge on any atom is -0.490 e. The van der Waals surface area contributed by atoms with E-state index in [0.717, 1.165) is 12.0 Å². The van der Waals surface area contributed by atoms with Crippen LogP contribution >= 0.6 is 0 Å². The largest absolute Gasteiger partial charge is 0.490 e. The van der Waals surface area contributed by atoms with Crippen LogP contribution in [0.4, 0.5) is 0 Å². The molecule has 1 aromatic carbocycles. The highest BCUT2D eigenvalue weighted by Gasteiger charge is 2.13. The van der Waals surface area contributed by atoms with Crippen LogP contribution in [0.5, 0.6) is 11.5 Å². The van der Waals surface area contributed by atoms with Crippen molar-refractivity contribution in [3.63, 3.8) is 0 Å². The topological polar surface area (TPSA) is 95.6 Å². The quantitative estimate of drug-likeness (QED) is 0.486. The van der Waals surface area contributed by atoms with Gasteiger partial charge in [-0.05, 0) is 42.3 Å². The number of aromatic nitrogens is 3. The fourth-order valence-corrected chi connectivity index (χ4v) is 3.95.